The van der Waals surface area contributed by atoms with Crippen molar-refractivity contribution in [2.24, 2.45) is 10.3 Å². The van der Waals surface area contributed by atoms with Gasteiger partial charge in [-0.05, 0) is 56.3 Å². The smallest absolute Gasteiger partial charge is 0.355 e. The van der Waals surface area contributed by atoms with Crippen LogP contribution >= 0.6 is 0 Å². The van der Waals surface area contributed by atoms with Gasteiger partial charge in [0.2, 0.25) is 0 Å². The van der Waals surface area contributed by atoms with E-state index < -0.39 is 17.9 Å². The highest BCUT2D eigenvalue weighted by atomic mass is 19.4. The van der Waals surface area contributed by atoms with E-state index in [1.807, 2.05) is 20.9 Å². The van der Waals surface area contributed by atoms with Gasteiger partial charge in [0.15, 0.2) is 6.17 Å². The van der Waals surface area contributed by atoms with Crippen LogP contribution in [0.1, 0.15) is 41.5 Å². The van der Waals surface area contributed by atoms with Crippen molar-refractivity contribution in [1.29, 1.82) is 0 Å². The maximum Gasteiger partial charge on any atom is 0.416 e. The van der Waals surface area contributed by atoms with Crippen LogP contribution < -0.4 is 5.32 Å². The Morgan fingerprint density at radius 1 is 1.10 bits per heavy atom. The van der Waals surface area contributed by atoms with Crippen molar-refractivity contribution in [2.75, 3.05) is 32.5 Å². The number of carbonyl (C=O) groups excluding carboxylic acids is 1. The van der Waals surface area contributed by atoms with Gasteiger partial charge < -0.3 is 10.2 Å². The highest BCUT2D eigenvalue weighted by molar-refractivity contribution is 5.95. The van der Waals surface area contributed by atoms with Crippen molar-refractivity contribution in [3.05, 3.63) is 59.2 Å². The molecule has 1 heterocycles. The molecule has 10 heteroatoms. The molecule has 166 valence electrons. The molecule has 1 atom stereocenters. The minimum Gasteiger partial charge on any atom is -0.355 e. The Kier molecular flexibility index (Phi) is 6.49. The van der Waals surface area contributed by atoms with Gasteiger partial charge in [0.25, 0.3) is 5.91 Å². The van der Waals surface area contributed by atoms with Crippen LogP contribution in [0.25, 0.3) is 0 Å². The quantitative estimate of drug-likeness (QED) is 0.688. The minimum atomic E-state index is -4.40. The summed E-state index contributed by atoms with van der Waals surface area (Å²) in [7, 11) is 3.56. The molecule has 0 aromatic heterocycles. The van der Waals surface area contributed by atoms with Gasteiger partial charge in [-0.15, -0.1) is 5.11 Å². The lowest BCUT2D eigenvalue weighted by molar-refractivity contribution is -0.137. The Bertz CT molecular complexity index is 957. The molecule has 0 saturated carbocycles. The number of nitrogens with zero attached hydrogens (tertiary/aromatic N) is 5. The van der Waals surface area contributed by atoms with E-state index in [0.717, 1.165) is 12.1 Å². The molecule has 2 aromatic carbocycles. The normalized spacial score (nSPS) is 16.6. The van der Waals surface area contributed by atoms with E-state index in [0.29, 0.717) is 35.6 Å². The lowest BCUT2D eigenvalue weighted by Gasteiger charge is -2.25. The molecule has 0 aliphatic carbocycles. The highest BCUT2D eigenvalue weighted by Gasteiger charge is 2.31. The molecular weight excluding hydrogens is 409 g/mol. The fraction of sp³-hybridized carbons (Fsp3) is 0.381. The molecule has 0 fully saturated rings. The number of anilines is 2. The van der Waals surface area contributed by atoms with Crippen molar-refractivity contribution in [2.45, 2.75) is 26.2 Å². The van der Waals surface area contributed by atoms with E-state index in [9.17, 15) is 18.0 Å². The van der Waals surface area contributed by atoms with E-state index in [1.165, 1.54) is 12.1 Å². The zero-order valence-corrected chi connectivity index (χ0v) is 17.8. The SMILES string of the molecule is CCN(CC)C(=O)c1ccc(Nc2ccc(C(F)(F)F)cc2)c(C2N=NN(C)N2C)c1. The van der Waals surface area contributed by atoms with Crippen molar-refractivity contribution in [1.82, 2.24) is 15.0 Å². The Morgan fingerprint density at radius 3 is 2.26 bits per heavy atom. The summed E-state index contributed by atoms with van der Waals surface area (Å²) in [6.45, 7) is 5.00. The van der Waals surface area contributed by atoms with Crippen LogP contribution in [0.5, 0.6) is 0 Å². The number of rotatable bonds is 6. The average molecular weight is 434 g/mol. The third-order valence-corrected chi connectivity index (χ3v) is 5.22. The predicted octanol–water partition coefficient (Wildman–Crippen LogP) is 5.09. The summed E-state index contributed by atoms with van der Waals surface area (Å²) in [5.41, 5.74) is 1.60. The maximum atomic E-state index is 12.8. The van der Waals surface area contributed by atoms with Crippen LogP contribution in [0.4, 0.5) is 24.5 Å². The summed E-state index contributed by atoms with van der Waals surface area (Å²) in [4.78, 5) is 14.6. The number of halogens is 3. The Labute approximate surface area is 179 Å². The summed E-state index contributed by atoms with van der Waals surface area (Å²) < 4.78 is 38.5. The number of hydrazine groups is 1. The summed E-state index contributed by atoms with van der Waals surface area (Å²) >= 11 is 0. The van der Waals surface area contributed by atoms with Gasteiger partial charge in [-0.2, -0.15) is 18.2 Å². The first kappa shape index (κ1) is 22.5. The molecule has 1 aliphatic heterocycles. The van der Waals surface area contributed by atoms with Crippen LogP contribution in [-0.2, 0) is 6.18 Å². The number of alkyl halides is 3. The van der Waals surface area contributed by atoms with Gasteiger partial charge in [0, 0.05) is 49.7 Å². The fourth-order valence-electron chi connectivity index (χ4n) is 3.30. The Balaban J connectivity index is 1.97. The van der Waals surface area contributed by atoms with Gasteiger partial charge in [0.05, 0.1) is 5.56 Å². The van der Waals surface area contributed by atoms with Crippen LogP contribution in [0.2, 0.25) is 0 Å². The number of benzene rings is 2. The van der Waals surface area contributed by atoms with Crippen molar-refractivity contribution in [3.63, 3.8) is 0 Å². The van der Waals surface area contributed by atoms with Crippen molar-refractivity contribution < 1.29 is 18.0 Å². The molecule has 1 aliphatic rings. The molecule has 2 aromatic rings. The van der Waals surface area contributed by atoms with Crippen molar-refractivity contribution >= 4 is 17.3 Å². The number of hydrogen-bond donors (Lipinski definition) is 1. The Hall–Kier alpha value is -3.14. The average Bonchev–Trinajstić information content (AvgIpc) is 3.07. The number of hydrogen-bond acceptors (Lipinski definition) is 6. The summed E-state index contributed by atoms with van der Waals surface area (Å²) in [5, 5.41) is 14.8. The molecule has 1 N–H and O–H groups in total. The first-order valence-corrected chi connectivity index (χ1v) is 9.90. The van der Waals surface area contributed by atoms with Gasteiger partial charge >= 0.3 is 6.18 Å². The summed E-state index contributed by atoms with van der Waals surface area (Å²) in [5.74, 6) is -0.0988. The van der Waals surface area contributed by atoms with Gasteiger partial charge in [-0.25, -0.2) is 5.12 Å². The molecule has 31 heavy (non-hydrogen) atoms. The zero-order valence-electron chi connectivity index (χ0n) is 17.8. The first-order chi connectivity index (χ1) is 14.7. The predicted molar refractivity (Wildman–Crippen MR) is 112 cm³/mol. The molecule has 0 saturated heterocycles. The number of nitrogens with one attached hydrogen (secondary N) is 1. The molecular formula is C21H25F3N6O. The lowest BCUT2D eigenvalue weighted by Crippen LogP contribution is -2.32. The van der Waals surface area contributed by atoms with Crippen LogP contribution in [0.3, 0.4) is 0 Å². The second-order valence-electron chi connectivity index (χ2n) is 7.12. The maximum absolute atomic E-state index is 12.8. The number of amides is 1. The molecule has 0 radical (unpaired) electrons. The van der Waals surface area contributed by atoms with E-state index in [2.05, 4.69) is 15.7 Å². The monoisotopic (exact) mass is 434 g/mol. The minimum absolute atomic E-state index is 0.0988. The molecule has 1 unspecified atom stereocenters. The van der Waals surface area contributed by atoms with E-state index in [4.69, 9.17) is 0 Å². The van der Waals surface area contributed by atoms with E-state index in [1.54, 1.807) is 40.3 Å². The van der Waals surface area contributed by atoms with Crippen LogP contribution in [0, 0.1) is 0 Å². The van der Waals surface area contributed by atoms with Gasteiger partial charge in [-0.1, -0.05) is 5.22 Å². The largest absolute Gasteiger partial charge is 0.416 e. The molecule has 0 bridgehead atoms. The first-order valence-electron chi connectivity index (χ1n) is 9.90. The second kappa shape index (κ2) is 8.93. The van der Waals surface area contributed by atoms with Gasteiger partial charge in [0.1, 0.15) is 0 Å². The number of carbonyl (C=O) groups is 1. The Morgan fingerprint density at radius 2 is 1.74 bits per heavy atom. The third-order valence-electron chi connectivity index (χ3n) is 5.22. The molecule has 1 amide bonds. The molecule has 7 nitrogen and oxygen atoms in total. The topological polar surface area (TPSA) is 63.5 Å². The molecule has 3 rings (SSSR count). The van der Waals surface area contributed by atoms with Crippen LogP contribution in [-0.4, -0.2) is 48.1 Å². The fourth-order valence-corrected chi connectivity index (χ4v) is 3.30. The van der Waals surface area contributed by atoms with Crippen LogP contribution in [0.15, 0.2) is 52.8 Å². The van der Waals surface area contributed by atoms with Crippen molar-refractivity contribution in [3.8, 4) is 0 Å². The van der Waals surface area contributed by atoms with E-state index in [-0.39, 0.29) is 5.91 Å². The zero-order chi connectivity index (χ0) is 22.8. The highest BCUT2D eigenvalue weighted by Crippen LogP contribution is 2.36. The lowest BCUT2D eigenvalue weighted by atomic mass is 10.0. The van der Waals surface area contributed by atoms with E-state index >= 15 is 0 Å². The second-order valence-corrected chi connectivity index (χ2v) is 7.12. The summed E-state index contributed by atoms with van der Waals surface area (Å²) in [6.07, 6.45) is -4.88. The third kappa shape index (κ3) is 4.79. The van der Waals surface area contributed by atoms with Gasteiger partial charge in [-0.3, -0.25) is 4.79 Å². The molecule has 0 spiro atoms. The summed E-state index contributed by atoms with van der Waals surface area (Å²) in [6, 6.07) is 9.98. The standard InChI is InChI=1S/C21H25F3N6O/c1-5-30(6-2)20(31)14-7-12-18(17(13-14)19-26-27-29(4)28(19)3)25-16-10-8-15(9-11-16)21(22,23)24/h7-13,19,25H,5-6H2,1-4H3.